The Balaban J connectivity index is 4.11. The van der Waals surface area contributed by atoms with E-state index in [2.05, 4.69) is 27.5 Å². The maximum Gasteiger partial charge on any atom is 0.213 e. The molecule has 0 aromatic heterocycles. The smallest absolute Gasteiger partial charge is 0.213 e. The Morgan fingerprint density at radius 3 is 2.71 bits per heavy atom. The van der Waals surface area contributed by atoms with Gasteiger partial charge >= 0.3 is 0 Å². The molecule has 0 bridgehead atoms. The average Bonchev–Trinajstić information content (AvgIpc) is 2.02. The van der Waals surface area contributed by atoms with Crippen LogP contribution in [0.1, 0.15) is 20.3 Å². The van der Waals surface area contributed by atoms with Crippen LogP contribution >= 0.6 is 15.9 Å². The van der Waals surface area contributed by atoms with Gasteiger partial charge in [0, 0.05) is 6.42 Å². The van der Waals surface area contributed by atoms with Crippen molar-refractivity contribution in [3.63, 3.8) is 0 Å². The van der Waals surface area contributed by atoms with Gasteiger partial charge in [-0.1, -0.05) is 12.7 Å². The Labute approximate surface area is 92.7 Å². The first kappa shape index (κ1) is 13.1. The first-order chi connectivity index (χ1) is 6.56. The Morgan fingerprint density at radius 1 is 1.64 bits per heavy atom. The van der Waals surface area contributed by atoms with Crippen LogP contribution in [-0.2, 0) is 9.53 Å². The van der Waals surface area contributed by atoms with Crippen molar-refractivity contribution in [1.29, 1.82) is 0 Å². The van der Waals surface area contributed by atoms with Crippen molar-refractivity contribution in [2.24, 2.45) is 4.99 Å². The molecule has 14 heavy (non-hydrogen) atoms. The van der Waals surface area contributed by atoms with Crippen molar-refractivity contribution in [2.75, 3.05) is 6.61 Å². The molecule has 0 aliphatic rings. The van der Waals surface area contributed by atoms with E-state index in [1.807, 2.05) is 13.0 Å². The molecule has 0 heterocycles. The third-order valence-electron chi connectivity index (χ3n) is 1.24. The van der Waals surface area contributed by atoms with Crippen LogP contribution in [-0.4, -0.2) is 18.3 Å². The van der Waals surface area contributed by atoms with Gasteiger partial charge in [0.05, 0.1) is 6.61 Å². The molecular formula is C10H14BrNO2. The van der Waals surface area contributed by atoms with Gasteiger partial charge in [0.15, 0.2) is 0 Å². The Hall–Kier alpha value is -0.900. The first-order valence-corrected chi connectivity index (χ1v) is 5.03. The highest BCUT2D eigenvalue weighted by atomic mass is 79.9. The highest BCUT2D eigenvalue weighted by Gasteiger charge is 1.97. The molecule has 3 nitrogen and oxygen atoms in total. The topological polar surface area (TPSA) is 38.7 Å². The summed E-state index contributed by atoms with van der Waals surface area (Å²) in [5.41, 5.74) is 0. The number of aliphatic imine (C=N–C) groups is 1. The fourth-order valence-electron chi connectivity index (χ4n) is 0.679. The van der Waals surface area contributed by atoms with Gasteiger partial charge in [0.1, 0.15) is 10.4 Å². The van der Waals surface area contributed by atoms with Gasteiger partial charge in [0.25, 0.3) is 0 Å². The van der Waals surface area contributed by atoms with E-state index in [1.54, 1.807) is 6.08 Å². The Kier molecular flexibility index (Phi) is 7.02. The van der Waals surface area contributed by atoms with Crippen LogP contribution in [0.4, 0.5) is 0 Å². The van der Waals surface area contributed by atoms with Crippen LogP contribution in [0.15, 0.2) is 28.3 Å². The van der Waals surface area contributed by atoms with E-state index >= 15 is 0 Å². The molecule has 0 radical (unpaired) electrons. The van der Waals surface area contributed by atoms with Gasteiger partial charge in [-0.3, -0.25) is 4.79 Å². The number of ketones is 1. The predicted molar refractivity (Wildman–Crippen MR) is 61.6 cm³/mol. The van der Waals surface area contributed by atoms with Crippen LogP contribution in [0.5, 0.6) is 0 Å². The molecule has 0 saturated heterocycles. The molecule has 0 saturated carbocycles. The number of halogens is 1. The molecule has 4 heteroatoms. The van der Waals surface area contributed by atoms with E-state index in [0.717, 1.165) is 0 Å². The molecule has 0 aliphatic heterocycles. The minimum absolute atomic E-state index is 0.0995. The summed E-state index contributed by atoms with van der Waals surface area (Å²) >= 11 is 3.10. The van der Waals surface area contributed by atoms with E-state index in [1.165, 1.54) is 6.92 Å². The van der Waals surface area contributed by atoms with Gasteiger partial charge in [-0.25, -0.2) is 4.99 Å². The zero-order valence-corrected chi connectivity index (χ0v) is 10.0. The summed E-state index contributed by atoms with van der Waals surface area (Å²) in [6, 6.07) is 0. The number of Topliss-reactive ketones (excluding diaryl/α,β-unsaturated/α-hetero) is 1. The maximum absolute atomic E-state index is 10.6. The Bertz CT molecular complexity index is 269. The summed E-state index contributed by atoms with van der Waals surface area (Å²) < 4.78 is 5.75. The standard InChI is InChI=1S/C10H14BrNO2/c1-4-5-10(12-9(3)11)14-7-6-8(2)13/h4-5H,3,6-7H2,1-2H3/b5-4-,12-10+. The highest BCUT2D eigenvalue weighted by Crippen LogP contribution is 2.04. The van der Waals surface area contributed by atoms with E-state index in [0.29, 0.717) is 23.5 Å². The third kappa shape index (κ3) is 7.73. The fraction of sp³-hybridized carbons (Fsp3) is 0.400. The average molecular weight is 260 g/mol. The predicted octanol–water partition coefficient (Wildman–Crippen LogP) is 2.82. The van der Waals surface area contributed by atoms with Gasteiger partial charge in [-0.2, -0.15) is 0 Å². The zero-order valence-electron chi connectivity index (χ0n) is 8.42. The number of ether oxygens (including phenoxy) is 1. The van der Waals surface area contributed by atoms with Crippen molar-refractivity contribution in [1.82, 2.24) is 0 Å². The summed E-state index contributed by atoms with van der Waals surface area (Å²) in [6.45, 7) is 7.30. The number of rotatable bonds is 5. The summed E-state index contributed by atoms with van der Waals surface area (Å²) in [4.78, 5) is 14.6. The molecule has 0 aromatic carbocycles. The zero-order chi connectivity index (χ0) is 11.0. The lowest BCUT2D eigenvalue weighted by molar-refractivity contribution is -0.117. The molecule has 0 fully saturated rings. The quantitative estimate of drug-likeness (QED) is 0.433. The number of nitrogens with zero attached hydrogens (tertiary/aromatic N) is 1. The number of hydrogen-bond donors (Lipinski definition) is 0. The van der Waals surface area contributed by atoms with Crippen LogP contribution in [0, 0.1) is 0 Å². The molecule has 0 amide bonds. The van der Waals surface area contributed by atoms with E-state index < -0.39 is 0 Å². The van der Waals surface area contributed by atoms with Gasteiger partial charge in [-0.05, 0) is 35.9 Å². The minimum atomic E-state index is 0.0995. The maximum atomic E-state index is 10.6. The highest BCUT2D eigenvalue weighted by molar-refractivity contribution is 9.11. The van der Waals surface area contributed by atoms with Crippen molar-refractivity contribution >= 4 is 27.6 Å². The van der Waals surface area contributed by atoms with E-state index in [9.17, 15) is 4.79 Å². The van der Waals surface area contributed by atoms with Crippen LogP contribution < -0.4 is 0 Å². The second kappa shape index (κ2) is 7.50. The number of allylic oxidation sites excluding steroid dienone is 1. The van der Waals surface area contributed by atoms with Crippen LogP contribution in [0.25, 0.3) is 0 Å². The molecular weight excluding hydrogens is 246 g/mol. The van der Waals surface area contributed by atoms with E-state index in [-0.39, 0.29) is 5.78 Å². The number of carbonyl (C=O) groups excluding carboxylic acids is 1. The molecule has 78 valence electrons. The minimum Gasteiger partial charge on any atom is -0.477 e. The van der Waals surface area contributed by atoms with Crippen LogP contribution in [0.3, 0.4) is 0 Å². The normalized spacial score (nSPS) is 11.8. The summed E-state index contributed by atoms with van der Waals surface area (Å²) in [5, 5.41) is 0. The molecule has 0 N–H and O–H groups in total. The molecule has 0 aliphatic carbocycles. The van der Waals surface area contributed by atoms with Crippen molar-refractivity contribution in [2.45, 2.75) is 20.3 Å². The second-order valence-electron chi connectivity index (χ2n) is 2.63. The SMILES string of the molecule is C=C(Br)/N=C(\C=C/C)OCCC(C)=O. The van der Waals surface area contributed by atoms with Gasteiger partial charge < -0.3 is 4.74 Å². The summed E-state index contributed by atoms with van der Waals surface area (Å²) in [5.74, 6) is 0.554. The molecule has 0 spiro atoms. The number of carbonyl (C=O) groups is 1. The van der Waals surface area contributed by atoms with Crippen molar-refractivity contribution in [3.8, 4) is 0 Å². The summed E-state index contributed by atoms with van der Waals surface area (Å²) in [6.07, 6.45) is 3.92. The molecule has 0 aromatic rings. The molecule has 0 unspecified atom stereocenters. The number of hydrogen-bond acceptors (Lipinski definition) is 3. The monoisotopic (exact) mass is 259 g/mol. The van der Waals surface area contributed by atoms with E-state index in [4.69, 9.17) is 4.74 Å². The third-order valence-corrected chi connectivity index (χ3v) is 1.42. The first-order valence-electron chi connectivity index (χ1n) is 4.24. The molecule has 0 atom stereocenters. The largest absolute Gasteiger partial charge is 0.477 e. The van der Waals surface area contributed by atoms with Crippen molar-refractivity contribution < 1.29 is 9.53 Å². The lowest BCUT2D eigenvalue weighted by Crippen LogP contribution is -2.06. The summed E-state index contributed by atoms with van der Waals surface area (Å²) in [7, 11) is 0. The van der Waals surface area contributed by atoms with Gasteiger partial charge in [0.2, 0.25) is 5.90 Å². The lowest BCUT2D eigenvalue weighted by atomic mass is 10.3. The van der Waals surface area contributed by atoms with Crippen molar-refractivity contribution in [3.05, 3.63) is 23.3 Å². The second-order valence-corrected chi connectivity index (χ2v) is 3.54. The fourth-order valence-corrected chi connectivity index (χ4v) is 0.854. The Morgan fingerprint density at radius 2 is 2.29 bits per heavy atom. The molecule has 0 rings (SSSR count). The van der Waals surface area contributed by atoms with Gasteiger partial charge in [-0.15, -0.1) is 0 Å². The van der Waals surface area contributed by atoms with Crippen LogP contribution in [0.2, 0.25) is 0 Å². The lowest BCUT2D eigenvalue weighted by Gasteiger charge is -2.03.